The van der Waals surface area contributed by atoms with Crippen LogP contribution < -0.4 is 0 Å². The first kappa shape index (κ1) is 23.5. The van der Waals surface area contributed by atoms with Gasteiger partial charge in [-0.25, -0.2) is 0 Å². The molecule has 33 heavy (non-hydrogen) atoms. The number of hydrogen-bond donors (Lipinski definition) is 0. The average molecular weight is 454 g/mol. The molecule has 0 unspecified atom stereocenters. The first-order valence-corrected chi connectivity index (χ1v) is 12.0. The first-order chi connectivity index (χ1) is 15.9. The highest BCUT2D eigenvalue weighted by Gasteiger charge is 2.35. The van der Waals surface area contributed by atoms with Gasteiger partial charge in [0.2, 0.25) is 0 Å². The highest BCUT2D eigenvalue weighted by atomic mass is 16.5. The Balaban J connectivity index is 1.62. The quantitative estimate of drug-likeness (QED) is 0.544. The van der Waals surface area contributed by atoms with E-state index in [1.807, 2.05) is 4.90 Å². The Morgan fingerprint density at radius 1 is 1.09 bits per heavy atom. The lowest BCUT2D eigenvalue weighted by Gasteiger charge is -2.41. The standard InChI is InChI=1S/C26H35N3O4/c1-5-29-15-19-12-23-21(20-9-8-10-22(29)26(19)20)11-18(13-27(23)4)14-28(16-24(30)32-6-2)17-25(31)33-7-3/h8-11,15,18,23H,5-7,12-14,16-17H2,1-4H3/t18-,23-/m1/s1. The van der Waals surface area contributed by atoms with Gasteiger partial charge in [-0.3, -0.25) is 19.4 Å². The van der Waals surface area contributed by atoms with E-state index in [4.69, 9.17) is 9.47 Å². The molecule has 0 radical (unpaired) electrons. The van der Waals surface area contributed by atoms with Gasteiger partial charge in [0.05, 0.1) is 26.3 Å². The summed E-state index contributed by atoms with van der Waals surface area (Å²) in [6.45, 7) is 9.00. The van der Waals surface area contributed by atoms with Crippen LogP contribution in [0.25, 0.3) is 16.5 Å². The lowest BCUT2D eigenvalue weighted by molar-refractivity contribution is -0.148. The van der Waals surface area contributed by atoms with E-state index in [0.29, 0.717) is 25.8 Å². The Kier molecular flexibility index (Phi) is 7.20. The molecule has 0 saturated heterocycles. The molecule has 2 aliphatic rings. The topological polar surface area (TPSA) is 64.0 Å². The molecule has 0 saturated carbocycles. The zero-order valence-corrected chi connectivity index (χ0v) is 20.2. The second-order valence-electron chi connectivity index (χ2n) is 8.96. The van der Waals surface area contributed by atoms with E-state index in [0.717, 1.165) is 19.5 Å². The third-order valence-electron chi connectivity index (χ3n) is 6.69. The van der Waals surface area contributed by atoms with Gasteiger partial charge in [-0.2, -0.15) is 0 Å². The summed E-state index contributed by atoms with van der Waals surface area (Å²) in [6, 6.07) is 6.93. The molecule has 7 heteroatoms. The van der Waals surface area contributed by atoms with Gasteiger partial charge in [-0.15, -0.1) is 0 Å². The molecule has 1 aromatic heterocycles. The van der Waals surface area contributed by atoms with E-state index in [1.165, 1.54) is 27.6 Å². The van der Waals surface area contributed by atoms with Crippen molar-refractivity contribution in [1.82, 2.24) is 14.4 Å². The SMILES string of the molecule is CCOC(=O)CN(CC(=O)OCC)C[C@@H]1C=C2c3cccc4c3c(cn4CC)C[C@H]2N(C)C1. The monoisotopic (exact) mass is 453 g/mol. The number of hydrogen-bond acceptors (Lipinski definition) is 6. The average Bonchev–Trinajstić information content (AvgIpc) is 3.14. The van der Waals surface area contributed by atoms with Crippen LogP contribution in [0.4, 0.5) is 0 Å². The number of aromatic nitrogens is 1. The Hall–Kier alpha value is -2.64. The highest BCUT2D eigenvalue weighted by molar-refractivity contribution is 5.98. The van der Waals surface area contributed by atoms with Gasteiger partial charge in [0.15, 0.2) is 0 Å². The van der Waals surface area contributed by atoms with E-state index in [-0.39, 0.29) is 30.9 Å². The third-order valence-corrected chi connectivity index (χ3v) is 6.69. The van der Waals surface area contributed by atoms with Crippen LogP contribution in [0.15, 0.2) is 30.5 Å². The van der Waals surface area contributed by atoms with Crippen LogP contribution in [-0.2, 0) is 32.0 Å². The summed E-state index contributed by atoms with van der Waals surface area (Å²) in [5.74, 6) is -0.441. The minimum absolute atomic E-state index is 0.0819. The molecule has 0 amide bonds. The van der Waals surface area contributed by atoms with Crippen LogP contribution >= 0.6 is 0 Å². The Morgan fingerprint density at radius 2 is 1.79 bits per heavy atom. The van der Waals surface area contributed by atoms with Crippen molar-refractivity contribution < 1.29 is 19.1 Å². The molecular formula is C26H35N3O4. The van der Waals surface area contributed by atoms with Gasteiger partial charge < -0.3 is 14.0 Å². The predicted octanol–water partition coefficient (Wildman–Crippen LogP) is 2.96. The summed E-state index contributed by atoms with van der Waals surface area (Å²) >= 11 is 0. The molecular weight excluding hydrogens is 418 g/mol. The number of benzene rings is 1. The van der Waals surface area contributed by atoms with Gasteiger partial charge in [0, 0.05) is 48.7 Å². The molecule has 7 nitrogen and oxygen atoms in total. The molecule has 4 rings (SSSR count). The van der Waals surface area contributed by atoms with Crippen molar-refractivity contribution in [1.29, 1.82) is 0 Å². The number of ether oxygens (including phenoxy) is 2. The lowest BCUT2D eigenvalue weighted by atomic mass is 9.80. The van der Waals surface area contributed by atoms with E-state index in [9.17, 15) is 9.59 Å². The lowest BCUT2D eigenvalue weighted by Crippen LogP contribution is -2.46. The Labute approximate surface area is 195 Å². The summed E-state index contributed by atoms with van der Waals surface area (Å²) < 4.78 is 12.6. The maximum Gasteiger partial charge on any atom is 0.320 e. The van der Waals surface area contributed by atoms with Gasteiger partial charge in [0.25, 0.3) is 0 Å². The maximum absolute atomic E-state index is 12.2. The second kappa shape index (κ2) is 10.1. The zero-order valence-electron chi connectivity index (χ0n) is 20.2. The number of esters is 2. The maximum atomic E-state index is 12.2. The number of likely N-dealkylation sites (N-methyl/N-ethyl adjacent to an activating group) is 1. The number of fused-ring (bicyclic) bond motifs is 2. The molecule has 2 atom stereocenters. The molecule has 2 aromatic rings. The van der Waals surface area contributed by atoms with E-state index >= 15 is 0 Å². The fraction of sp³-hybridized carbons (Fsp3) is 0.538. The van der Waals surface area contributed by atoms with Gasteiger partial charge in [-0.05, 0) is 57.0 Å². The molecule has 1 aliphatic heterocycles. The highest BCUT2D eigenvalue weighted by Crippen LogP contribution is 2.41. The fourth-order valence-electron chi connectivity index (χ4n) is 5.40. The molecule has 1 aliphatic carbocycles. The minimum Gasteiger partial charge on any atom is -0.465 e. The largest absolute Gasteiger partial charge is 0.465 e. The van der Waals surface area contributed by atoms with Crippen LogP contribution in [0.3, 0.4) is 0 Å². The summed E-state index contributed by atoms with van der Waals surface area (Å²) in [7, 11) is 2.17. The summed E-state index contributed by atoms with van der Waals surface area (Å²) in [6.07, 6.45) is 5.69. The van der Waals surface area contributed by atoms with E-state index in [1.54, 1.807) is 13.8 Å². The molecule has 2 heterocycles. The number of carbonyl (C=O) groups is 2. The number of nitrogens with zero attached hydrogens (tertiary/aromatic N) is 3. The van der Waals surface area contributed by atoms with Crippen LogP contribution in [0.2, 0.25) is 0 Å². The van der Waals surface area contributed by atoms with Gasteiger partial charge in [-0.1, -0.05) is 18.2 Å². The molecule has 0 N–H and O–H groups in total. The van der Waals surface area contributed by atoms with Gasteiger partial charge >= 0.3 is 11.9 Å². The number of aryl methyl sites for hydroxylation is 1. The van der Waals surface area contributed by atoms with Crippen molar-refractivity contribution in [3.8, 4) is 0 Å². The van der Waals surface area contributed by atoms with Crippen LogP contribution in [0, 0.1) is 5.92 Å². The van der Waals surface area contributed by atoms with Crippen molar-refractivity contribution in [3.05, 3.63) is 41.6 Å². The molecule has 0 bridgehead atoms. The van der Waals surface area contributed by atoms with Crippen molar-refractivity contribution in [2.45, 2.75) is 39.8 Å². The van der Waals surface area contributed by atoms with E-state index < -0.39 is 0 Å². The van der Waals surface area contributed by atoms with Crippen LogP contribution in [0.5, 0.6) is 0 Å². The van der Waals surface area contributed by atoms with Crippen molar-refractivity contribution in [2.24, 2.45) is 5.92 Å². The minimum atomic E-state index is -0.315. The molecule has 1 aromatic carbocycles. The summed E-state index contributed by atoms with van der Waals surface area (Å²) in [5.41, 5.74) is 5.37. The third kappa shape index (κ3) is 4.84. The van der Waals surface area contributed by atoms with Crippen LogP contribution in [0.1, 0.15) is 31.9 Å². The van der Waals surface area contributed by atoms with Gasteiger partial charge in [0.1, 0.15) is 0 Å². The predicted molar refractivity (Wildman–Crippen MR) is 129 cm³/mol. The summed E-state index contributed by atoms with van der Waals surface area (Å²) in [5, 5.41) is 1.37. The van der Waals surface area contributed by atoms with Crippen molar-refractivity contribution in [3.63, 3.8) is 0 Å². The molecule has 178 valence electrons. The molecule has 0 fully saturated rings. The van der Waals surface area contributed by atoms with Crippen molar-refractivity contribution >= 4 is 28.4 Å². The molecule has 0 spiro atoms. The number of carbonyl (C=O) groups excluding carboxylic acids is 2. The first-order valence-electron chi connectivity index (χ1n) is 12.0. The smallest absolute Gasteiger partial charge is 0.320 e. The second-order valence-corrected chi connectivity index (χ2v) is 8.96. The van der Waals surface area contributed by atoms with Crippen LogP contribution in [-0.4, -0.2) is 78.8 Å². The van der Waals surface area contributed by atoms with E-state index in [2.05, 4.69) is 53.9 Å². The Bertz CT molecular complexity index is 1040. The summed E-state index contributed by atoms with van der Waals surface area (Å²) in [4.78, 5) is 28.6. The number of rotatable bonds is 9. The fourth-order valence-corrected chi connectivity index (χ4v) is 5.40. The van der Waals surface area contributed by atoms with Crippen molar-refractivity contribution in [2.75, 3.05) is 46.4 Å². The normalized spacial score (nSPS) is 20.0. The Morgan fingerprint density at radius 3 is 2.42 bits per heavy atom. The zero-order chi connectivity index (χ0) is 23.5.